The summed E-state index contributed by atoms with van der Waals surface area (Å²) in [5, 5.41) is 13.3. The second-order valence-corrected chi connectivity index (χ2v) is 3.98. The Hall–Kier alpha value is -2.96. The number of anilines is 1. The van der Waals surface area contributed by atoms with Gasteiger partial charge in [0.25, 0.3) is 11.6 Å². The Kier molecular flexibility index (Phi) is 2.38. The number of H-pyrrole nitrogens is 1. The SMILES string of the molecule is O=C1Nc2ncc([N+](=O)[O-])cc2C1=Cc1ccc[nH]1. The van der Waals surface area contributed by atoms with Gasteiger partial charge in [-0.1, -0.05) is 0 Å². The zero-order chi connectivity index (χ0) is 13.4. The zero-order valence-electron chi connectivity index (χ0n) is 9.58. The minimum Gasteiger partial charge on any atom is -0.362 e. The van der Waals surface area contributed by atoms with E-state index in [0.717, 1.165) is 11.9 Å². The first-order valence-electron chi connectivity index (χ1n) is 5.46. The molecule has 0 unspecified atom stereocenters. The van der Waals surface area contributed by atoms with Crippen LogP contribution in [-0.2, 0) is 4.79 Å². The first-order valence-corrected chi connectivity index (χ1v) is 5.46. The Morgan fingerprint density at radius 2 is 2.26 bits per heavy atom. The van der Waals surface area contributed by atoms with Gasteiger partial charge in [-0.15, -0.1) is 0 Å². The molecular formula is C12H8N4O3. The molecule has 3 heterocycles. The van der Waals surface area contributed by atoms with Crippen LogP contribution in [0, 0.1) is 10.1 Å². The van der Waals surface area contributed by atoms with Crippen molar-refractivity contribution in [2.24, 2.45) is 0 Å². The Morgan fingerprint density at radius 3 is 2.95 bits per heavy atom. The Bertz CT molecular complexity index is 704. The van der Waals surface area contributed by atoms with Crippen LogP contribution in [-0.4, -0.2) is 20.8 Å². The average molecular weight is 256 g/mol. The highest BCUT2D eigenvalue weighted by molar-refractivity contribution is 6.34. The predicted octanol–water partition coefficient (Wildman–Crippen LogP) is 1.81. The summed E-state index contributed by atoms with van der Waals surface area (Å²) in [6.07, 6.45) is 4.48. The maximum atomic E-state index is 11.8. The molecule has 2 aromatic rings. The lowest BCUT2D eigenvalue weighted by molar-refractivity contribution is -0.385. The standard InChI is InChI=1S/C12H8N4O3/c17-12-10(4-7-2-1-3-13-7)9-5-8(16(18)19)6-14-11(9)15-12/h1-6,13H,(H,14,15,17). The van der Waals surface area contributed by atoms with E-state index in [9.17, 15) is 14.9 Å². The molecule has 3 rings (SSSR count). The number of carbonyl (C=O) groups excluding carboxylic acids is 1. The maximum absolute atomic E-state index is 11.8. The number of fused-ring (bicyclic) bond motifs is 1. The minimum atomic E-state index is -0.539. The van der Waals surface area contributed by atoms with Gasteiger partial charge in [-0.3, -0.25) is 14.9 Å². The number of amides is 1. The highest BCUT2D eigenvalue weighted by Crippen LogP contribution is 2.33. The molecule has 0 aliphatic carbocycles. The highest BCUT2D eigenvalue weighted by Gasteiger charge is 2.27. The fourth-order valence-electron chi connectivity index (χ4n) is 1.89. The van der Waals surface area contributed by atoms with Gasteiger partial charge >= 0.3 is 0 Å². The van der Waals surface area contributed by atoms with Gasteiger partial charge in [0.05, 0.1) is 10.5 Å². The number of rotatable bonds is 2. The fourth-order valence-corrected chi connectivity index (χ4v) is 1.89. The molecule has 1 aliphatic rings. The van der Waals surface area contributed by atoms with Gasteiger partial charge in [-0.05, 0) is 18.2 Å². The van der Waals surface area contributed by atoms with E-state index in [1.165, 1.54) is 6.07 Å². The number of nitro groups is 1. The Labute approximate surface area is 107 Å². The number of carbonyl (C=O) groups is 1. The average Bonchev–Trinajstić information content (AvgIpc) is 2.98. The summed E-state index contributed by atoms with van der Waals surface area (Å²) in [4.78, 5) is 28.9. The quantitative estimate of drug-likeness (QED) is 0.486. The van der Waals surface area contributed by atoms with Crippen molar-refractivity contribution in [1.82, 2.24) is 9.97 Å². The molecule has 7 nitrogen and oxygen atoms in total. The fraction of sp³-hybridized carbons (Fsp3) is 0. The largest absolute Gasteiger partial charge is 0.362 e. The number of hydrogen-bond donors (Lipinski definition) is 2. The molecule has 94 valence electrons. The summed E-state index contributed by atoms with van der Waals surface area (Å²) < 4.78 is 0. The smallest absolute Gasteiger partial charge is 0.288 e. The van der Waals surface area contributed by atoms with Gasteiger partial charge in [0.15, 0.2) is 0 Å². The molecule has 19 heavy (non-hydrogen) atoms. The summed E-state index contributed by atoms with van der Waals surface area (Å²) >= 11 is 0. The first kappa shape index (κ1) is 11.1. The topological polar surface area (TPSA) is 101 Å². The summed E-state index contributed by atoms with van der Waals surface area (Å²) in [5.74, 6) is 0.0194. The van der Waals surface area contributed by atoms with E-state index in [2.05, 4.69) is 15.3 Å². The molecule has 0 spiro atoms. The highest BCUT2D eigenvalue weighted by atomic mass is 16.6. The molecule has 2 aromatic heterocycles. The van der Waals surface area contributed by atoms with Crippen molar-refractivity contribution < 1.29 is 9.72 Å². The molecule has 0 atom stereocenters. The van der Waals surface area contributed by atoms with Crippen molar-refractivity contribution in [3.05, 3.63) is 52.0 Å². The van der Waals surface area contributed by atoms with E-state index < -0.39 is 4.92 Å². The number of aromatic nitrogens is 2. The molecule has 0 bridgehead atoms. The van der Waals surface area contributed by atoms with Crippen molar-refractivity contribution in [3.63, 3.8) is 0 Å². The summed E-state index contributed by atoms with van der Waals surface area (Å²) in [6.45, 7) is 0. The second kappa shape index (κ2) is 4.05. The normalized spacial score (nSPS) is 15.4. The third kappa shape index (κ3) is 1.86. The lowest BCUT2D eigenvalue weighted by atomic mass is 10.1. The third-order valence-electron chi connectivity index (χ3n) is 2.77. The lowest BCUT2D eigenvalue weighted by Crippen LogP contribution is -2.04. The van der Waals surface area contributed by atoms with E-state index >= 15 is 0 Å². The van der Waals surface area contributed by atoms with Crippen LogP contribution in [0.1, 0.15) is 11.3 Å². The van der Waals surface area contributed by atoms with Crippen molar-refractivity contribution in [2.75, 3.05) is 5.32 Å². The van der Waals surface area contributed by atoms with Crippen LogP contribution < -0.4 is 5.32 Å². The molecule has 1 aliphatic heterocycles. The summed E-state index contributed by atoms with van der Waals surface area (Å²) in [5.41, 5.74) is 1.39. The van der Waals surface area contributed by atoms with E-state index in [1.807, 2.05) is 0 Å². The first-order chi connectivity index (χ1) is 9.15. The monoisotopic (exact) mass is 256 g/mol. The number of nitrogens with one attached hydrogen (secondary N) is 2. The van der Waals surface area contributed by atoms with Gasteiger partial charge in [0, 0.05) is 23.5 Å². The van der Waals surface area contributed by atoms with Crippen LogP contribution in [0.15, 0.2) is 30.6 Å². The number of hydrogen-bond acceptors (Lipinski definition) is 4. The van der Waals surface area contributed by atoms with E-state index in [1.54, 1.807) is 24.4 Å². The number of aromatic amines is 1. The lowest BCUT2D eigenvalue weighted by Gasteiger charge is -1.97. The molecule has 0 aromatic carbocycles. The molecule has 2 N–H and O–H groups in total. The van der Waals surface area contributed by atoms with Gasteiger partial charge in [0.1, 0.15) is 12.0 Å². The molecule has 0 fully saturated rings. The minimum absolute atomic E-state index is 0.146. The van der Waals surface area contributed by atoms with Crippen LogP contribution in [0.4, 0.5) is 11.5 Å². The third-order valence-corrected chi connectivity index (χ3v) is 2.77. The van der Waals surface area contributed by atoms with Crippen LogP contribution in [0.25, 0.3) is 11.6 Å². The van der Waals surface area contributed by atoms with Crippen molar-refractivity contribution >= 4 is 29.1 Å². The summed E-state index contributed by atoms with van der Waals surface area (Å²) in [7, 11) is 0. The van der Waals surface area contributed by atoms with Crippen molar-refractivity contribution in [1.29, 1.82) is 0 Å². The molecule has 0 saturated carbocycles. The summed E-state index contributed by atoms with van der Waals surface area (Å²) in [6, 6.07) is 4.93. The Balaban J connectivity index is 2.12. The van der Waals surface area contributed by atoms with Crippen LogP contribution in [0.3, 0.4) is 0 Å². The van der Waals surface area contributed by atoms with E-state index in [-0.39, 0.29) is 11.6 Å². The van der Waals surface area contributed by atoms with E-state index in [4.69, 9.17) is 0 Å². The number of pyridine rings is 1. The zero-order valence-corrected chi connectivity index (χ0v) is 9.58. The van der Waals surface area contributed by atoms with Crippen molar-refractivity contribution in [3.8, 4) is 0 Å². The van der Waals surface area contributed by atoms with Gasteiger partial charge in [0.2, 0.25) is 0 Å². The molecular weight excluding hydrogens is 248 g/mol. The van der Waals surface area contributed by atoms with Gasteiger partial charge < -0.3 is 10.3 Å². The van der Waals surface area contributed by atoms with Gasteiger partial charge in [-0.25, -0.2) is 4.98 Å². The molecule has 1 amide bonds. The number of nitrogens with zero attached hydrogens (tertiary/aromatic N) is 2. The Morgan fingerprint density at radius 1 is 1.42 bits per heavy atom. The van der Waals surface area contributed by atoms with Crippen molar-refractivity contribution in [2.45, 2.75) is 0 Å². The van der Waals surface area contributed by atoms with Gasteiger partial charge in [-0.2, -0.15) is 0 Å². The molecule has 7 heteroatoms. The van der Waals surface area contributed by atoms with Crippen LogP contribution in [0.2, 0.25) is 0 Å². The van der Waals surface area contributed by atoms with E-state index in [0.29, 0.717) is 17.0 Å². The molecule has 0 saturated heterocycles. The van der Waals surface area contributed by atoms with Crippen LogP contribution >= 0.6 is 0 Å². The van der Waals surface area contributed by atoms with Crippen LogP contribution in [0.5, 0.6) is 0 Å². The molecule has 0 radical (unpaired) electrons. The second-order valence-electron chi connectivity index (χ2n) is 3.98. The predicted molar refractivity (Wildman–Crippen MR) is 68.2 cm³/mol. The maximum Gasteiger partial charge on any atom is 0.288 e.